The molecule has 0 bridgehead atoms. The van der Waals surface area contributed by atoms with Crippen LogP contribution in [0.25, 0.3) is 0 Å². The highest BCUT2D eigenvalue weighted by Crippen LogP contribution is 2.14. The SMILES string of the molecule is C[C@@H](NCC1CCCOC1)c1ccccn1. The molecule has 0 radical (unpaired) electrons. The quantitative estimate of drug-likeness (QED) is 0.844. The standard InChI is InChI=1S/C13H20N2O/c1-11(13-6-2-3-7-14-13)15-9-12-5-4-8-16-10-12/h2-3,6-7,11-12,15H,4-5,8-10H2,1H3/t11-,12?/m1/s1. The summed E-state index contributed by atoms with van der Waals surface area (Å²) in [5, 5.41) is 3.53. The molecule has 1 saturated heterocycles. The van der Waals surface area contributed by atoms with Gasteiger partial charge in [-0.15, -0.1) is 0 Å². The molecule has 3 nitrogen and oxygen atoms in total. The van der Waals surface area contributed by atoms with Gasteiger partial charge in [0.15, 0.2) is 0 Å². The molecule has 1 aromatic rings. The van der Waals surface area contributed by atoms with E-state index in [-0.39, 0.29) is 0 Å². The van der Waals surface area contributed by atoms with E-state index in [1.54, 1.807) is 0 Å². The summed E-state index contributed by atoms with van der Waals surface area (Å²) in [4.78, 5) is 4.35. The summed E-state index contributed by atoms with van der Waals surface area (Å²) in [6, 6.07) is 6.37. The monoisotopic (exact) mass is 220 g/mol. The Balaban J connectivity index is 1.77. The Hall–Kier alpha value is -0.930. The minimum atomic E-state index is 0.322. The molecule has 1 aliphatic heterocycles. The summed E-state index contributed by atoms with van der Waals surface area (Å²) >= 11 is 0. The van der Waals surface area contributed by atoms with E-state index in [2.05, 4.69) is 23.3 Å². The van der Waals surface area contributed by atoms with Gasteiger partial charge in [0, 0.05) is 25.4 Å². The number of ether oxygens (including phenoxy) is 1. The lowest BCUT2D eigenvalue weighted by Crippen LogP contribution is -2.31. The van der Waals surface area contributed by atoms with Gasteiger partial charge in [0.1, 0.15) is 0 Å². The molecule has 0 saturated carbocycles. The van der Waals surface area contributed by atoms with Crippen molar-refractivity contribution in [3.05, 3.63) is 30.1 Å². The fraction of sp³-hybridized carbons (Fsp3) is 0.615. The first-order chi connectivity index (χ1) is 7.86. The first-order valence-corrected chi connectivity index (χ1v) is 6.08. The van der Waals surface area contributed by atoms with Gasteiger partial charge in [-0.25, -0.2) is 0 Å². The number of pyridine rings is 1. The average Bonchev–Trinajstić information content (AvgIpc) is 2.38. The van der Waals surface area contributed by atoms with Gasteiger partial charge in [0.25, 0.3) is 0 Å². The lowest BCUT2D eigenvalue weighted by atomic mass is 10.0. The molecule has 2 atom stereocenters. The molecule has 16 heavy (non-hydrogen) atoms. The van der Waals surface area contributed by atoms with E-state index >= 15 is 0 Å². The second-order valence-corrected chi connectivity index (χ2v) is 4.47. The molecule has 1 aliphatic rings. The number of nitrogens with one attached hydrogen (secondary N) is 1. The summed E-state index contributed by atoms with van der Waals surface area (Å²) in [6.45, 7) is 5.03. The largest absolute Gasteiger partial charge is 0.381 e. The normalized spacial score (nSPS) is 22.9. The first kappa shape index (κ1) is 11.6. The van der Waals surface area contributed by atoms with Crippen molar-refractivity contribution in [2.45, 2.75) is 25.8 Å². The molecule has 1 unspecified atom stereocenters. The second-order valence-electron chi connectivity index (χ2n) is 4.47. The maximum atomic E-state index is 5.46. The Morgan fingerprint density at radius 3 is 3.19 bits per heavy atom. The Morgan fingerprint density at radius 2 is 2.50 bits per heavy atom. The predicted molar refractivity (Wildman–Crippen MR) is 64.2 cm³/mol. The van der Waals surface area contributed by atoms with E-state index in [1.807, 2.05) is 18.3 Å². The van der Waals surface area contributed by atoms with Gasteiger partial charge in [-0.2, -0.15) is 0 Å². The van der Waals surface area contributed by atoms with Crippen molar-refractivity contribution in [2.75, 3.05) is 19.8 Å². The zero-order chi connectivity index (χ0) is 11.2. The molecule has 88 valence electrons. The van der Waals surface area contributed by atoms with Gasteiger partial charge in [-0.1, -0.05) is 6.07 Å². The summed E-state index contributed by atoms with van der Waals surface area (Å²) < 4.78 is 5.46. The summed E-state index contributed by atoms with van der Waals surface area (Å²) in [7, 11) is 0. The molecule has 1 fully saturated rings. The molecule has 2 rings (SSSR count). The van der Waals surface area contributed by atoms with Crippen molar-refractivity contribution in [3.63, 3.8) is 0 Å². The van der Waals surface area contributed by atoms with Crippen LogP contribution in [0.2, 0.25) is 0 Å². The Labute approximate surface area is 97.2 Å². The molecule has 0 amide bonds. The van der Waals surface area contributed by atoms with E-state index in [0.717, 1.165) is 25.5 Å². The van der Waals surface area contributed by atoms with E-state index in [1.165, 1.54) is 12.8 Å². The van der Waals surface area contributed by atoms with Crippen LogP contribution < -0.4 is 5.32 Å². The molecule has 1 N–H and O–H groups in total. The van der Waals surface area contributed by atoms with E-state index in [0.29, 0.717) is 12.0 Å². The molecular weight excluding hydrogens is 200 g/mol. The van der Waals surface area contributed by atoms with Crippen molar-refractivity contribution in [1.82, 2.24) is 10.3 Å². The molecule has 2 heterocycles. The van der Waals surface area contributed by atoms with Crippen molar-refractivity contribution in [1.29, 1.82) is 0 Å². The molecule has 0 aliphatic carbocycles. The number of rotatable bonds is 4. The lowest BCUT2D eigenvalue weighted by Gasteiger charge is -2.24. The van der Waals surface area contributed by atoms with E-state index in [4.69, 9.17) is 4.74 Å². The van der Waals surface area contributed by atoms with Gasteiger partial charge in [-0.3, -0.25) is 4.98 Å². The molecule has 0 spiro atoms. The molecule has 1 aromatic heterocycles. The smallest absolute Gasteiger partial charge is 0.0570 e. The highest BCUT2D eigenvalue weighted by Gasteiger charge is 2.15. The van der Waals surface area contributed by atoms with Crippen molar-refractivity contribution in [2.24, 2.45) is 5.92 Å². The fourth-order valence-electron chi connectivity index (χ4n) is 2.05. The number of hydrogen-bond donors (Lipinski definition) is 1. The highest BCUT2D eigenvalue weighted by molar-refractivity contribution is 5.07. The summed E-state index contributed by atoms with van der Waals surface area (Å²) in [6.07, 6.45) is 4.32. The zero-order valence-corrected chi connectivity index (χ0v) is 9.86. The third kappa shape index (κ3) is 3.29. The van der Waals surface area contributed by atoms with Crippen LogP contribution in [-0.2, 0) is 4.74 Å². The van der Waals surface area contributed by atoms with Crippen molar-refractivity contribution >= 4 is 0 Å². The zero-order valence-electron chi connectivity index (χ0n) is 9.86. The lowest BCUT2D eigenvalue weighted by molar-refractivity contribution is 0.0539. The Morgan fingerprint density at radius 1 is 1.56 bits per heavy atom. The maximum Gasteiger partial charge on any atom is 0.0570 e. The van der Waals surface area contributed by atoms with Gasteiger partial charge >= 0.3 is 0 Å². The van der Waals surface area contributed by atoms with Gasteiger partial charge in [0.05, 0.1) is 12.3 Å². The van der Waals surface area contributed by atoms with Crippen LogP contribution in [-0.4, -0.2) is 24.7 Å². The number of aromatic nitrogens is 1. The fourth-order valence-corrected chi connectivity index (χ4v) is 2.05. The van der Waals surface area contributed by atoms with Gasteiger partial charge in [0.2, 0.25) is 0 Å². The molecule has 3 heteroatoms. The van der Waals surface area contributed by atoms with Crippen LogP contribution in [0.3, 0.4) is 0 Å². The molecular formula is C13H20N2O. The maximum absolute atomic E-state index is 5.46. The van der Waals surface area contributed by atoms with Crippen LogP contribution in [0.15, 0.2) is 24.4 Å². The van der Waals surface area contributed by atoms with E-state index < -0.39 is 0 Å². The predicted octanol–water partition coefficient (Wildman–Crippen LogP) is 2.16. The number of hydrogen-bond acceptors (Lipinski definition) is 3. The van der Waals surface area contributed by atoms with Crippen LogP contribution in [0.5, 0.6) is 0 Å². The first-order valence-electron chi connectivity index (χ1n) is 6.08. The Bertz CT molecular complexity index is 296. The topological polar surface area (TPSA) is 34.1 Å². The third-order valence-electron chi connectivity index (χ3n) is 3.10. The van der Waals surface area contributed by atoms with Crippen LogP contribution in [0.1, 0.15) is 31.5 Å². The van der Waals surface area contributed by atoms with Gasteiger partial charge < -0.3 is 10.1 Å². The minimum absolute atomic E-state index is 0.322. The second kappa shape index (κ2) is 5.97. The minimum Gasteiger partial charge on any atom is -0.381 e. The highest BCUT2D eigenvalue weighted by atomic mass is 16.5. The van der Waals surface area contributed by atoms with E-state index in [9.17, 15) is 0 Å². The summed E-state index contributed by atoms with van der Waals surface area (Å²) in [5.74, 6) is 0.667. The molecule has 0 aromatic carbocycles. The van der Waals surface area contributed by atoms with Crippen LogP contribution in [0, 0.1) is 5.92 Å². The third-order valence-corrected chi connectivity index (χ3v) is 3.10. The van der Waals surface area contributed by atoms with Crippen LogP contribution >= 0.6 is 0 Å². The summed E-state index contributed by atoms with van der Waals surface area (Å²) in [5.41, 5.74) is 1.11. The Kier molecular flexibility index (Phi) is 4.31. The van der Waals surface area contributed by atoms with Crippen molar-refractivity contribution in [3.8, 4) is 0 Å². The van der Waals surface area contributed by atoms with Crippen molar-refractivity contribution < 1.29 is 4.74 Å². The average molecular weight is 220 g/mol. The van der Waals surface area contributed by atoms with Gasteiger partial charge in [-0.05, 0) is 37.8 Å². The number of nitrogens with zero attached hydrogens (tertiary/aromatic N) is 1. The van der Waals surface area contributed by atoms with Crippen LogP contribution in [0.4, 0.5) is 0 Å².